The fourth-order valence-electron chi connectivity index (χ4n) is 2.74. The van der Waals surface area contributed by atoms with E-state index in [0.29, 0.717) is 34.1 Å². The van der Waals surface area contributed by atoms with Crippen molar-refractivity contribution in [2.45, 2.75) is 0 Å². The molecule has 166 valence electrons. The van der Waals surface area contributed by atoms with Crippen LogP contribution in [0, 0.1) is 0 Å². The number of ether oxygens (including phenoxy) is 4. The molecule has 0 heterocycles. The number of hydrogen-bond donors (Lipinski definition) is 2. The van der Waals surface area contributed by atoms with Crippen molar-refractivity contribution in [2.75, 3.05) is 34.2 Å². The van der Waals surface area contributed by atoms with Crippen molar-refractivity contribution in [3.05, 3.63) is 46.9 Å². The Morgan fingerprint density at radius 1 is 0.839 bits per heavy atom. The first-order valence-electron chi connectivity index (χ1n) is 8.99. The maximum Gasteiger partial charge on any atom is 0.205 e. The van der Waals surface area contributed by atoms with Crippen molar-refractivity contribution in [3.8, 4) is 34.5 Å². The Kier molecular flexibility index (Phi) is 8.65. The molecule has 0 amide bonds. The van der Waals surface area contributed by atoms with Gasteiger partial charge in [0.25, 0.3) is 0 Å². The number of phenols is 2. The van der Waals surface area contributed by atoms with Gasteiger partial charge in [0.1, 0.15) is 39.9 Å². The first kappa shape index (κ1) is 24.0. The summed E-state index contributed by atoms with van der Waals surface area (Å²) in [5.41, 5.74) is 0.953. The van der Waals surface area contributed by atoms with Crippen molar-refractivity contribution in [2.24, 2.45) is 0 Å². The Morgan fingerprint density at radius 2 is 1.23 bits per heavy atom. The van der Waals surface area contributed by atoms with Crippen molar-refractivity contribution >= 4 is 29.1 Å². The van der Waals surface area contributed by atoms with E-state index in [1.54, 1.807) is 0 Å². The third kappa shape index (κ3) is 6.34. The number of carbonyl (C=O) groups excluding carboxylic acids is 1. The van der Waals surface area contributed by atoms with E-state index in [-0.39, 0.29) is 23.0 Å². The number of methoxy groups -OCH3 is 4. The van der Waals surface area contributed by atoms with Gasteiger partial charge in [-0.1, -0.05) is 0 Å². The molecule has 0 bridgehead atoms. The molecule has 0 saturated heterocycles. The smallest absolute Gasteiger partial charge is 0.205 e. The highest BCUT2D eigenvalue weighted by Gasteiger charge is 2.14. The van der Waals surface area contributed by atoms with E-state index in [9.17, 15) is 19.6 Å². The predicted molar refractivity (Wildman–Crippen MR) is 119 cm³/mol. The molecule has 2 aromatic rings. The summed E-state index contributed by atoms with van der Waals surface area (Å²) in [5.74, 6) is 0.617. The van der Waals surface area contributed by atoms with Crippen LogP contribution in [0.15, 0.2) is 35.7 Å². The Labute approximate surface area is 183 Å². The topological polar surface area (TPSA) is 118 Å². The van der Waals surface area contributed by atoms with Gasteiger partial charge in [0.05, 0.1) is 39.6 Å². The SMILES string of the molecule is COc1cc(O)cc(OC)c1C=C[S+]([O-])CC(=O)/C=C\c1c(OC)cc(O)cc1OC. The number of allylic oxidation sites excluding steroid dienone is 1. The highest BCUT2D eigenvalue weighted by molar-refractivity contribution is 7.95. The lowest BCUT2D eigenvalue weighted by Gasteiger charge is -2.11. The lowest BCUT2D eigenvalue weighted by molar-refractivity contribution is -0.112. The third-order valence-corrected chi connectivity index (χ3v) is 5.17. The quantitative estimate of drug-likeness (QED) is 0.421. The lowest BCUT2D eigenvalue weighted by Crippen LogP contribution is -2.11. The molecule has 1 unspecified atom stereocenters. The van der Waals surface area contributed by atoms with Crippen LogP contribution in [-0.4, -0.2) is 54.7 Å². The number of carbonyl (C=O) groups is 1. The molecule has 0 radical (unpaired) electrons. The molecule has 9 heteroatoms. The summed E-state index contributed by atoms with van der Waals surface area (Å²) >= 11 is -1.61. The zero-order valence-corrected chi connectivity index (χ0v) is 18.4. The van der Waals surface area contributed by atoms with Crippen LogP contribution in [0.1, 0.15) is 11.1 Å². The first-order valence-corrected chi connectivity index (χ1v) is 10.4. The number of benzene rings is 2. The minimum absolute atomic E-state index is 0.0348. The van der Waals surface area contributed by atoms with E-state index in [1.165, 1.54) is 76.3 Å². The van der Waals surface area contributed by atoms with E-state index in [4.69, 9.17) is 18.9 Å². The summed E-state index contributed by atoms with van der Waals surface area (Å²) in [7, 11) is 5.73. The number of rotatable bonds is 10. The Morgan fingerprint density at radius 3 is 1.61 bits per heavy atom. The highest BCUT2D eigenvalue weighted by atomic mass is 32.2. The molecule has 0 spiro atoms. The largest absolute Gasteiger partial charge is 0.612 e. The fourth-order valence-corrected chi connectivity index (χ4v) is 3.50. The molecule has 0 aromatic heterocycles. The molecule has 8 nitrogen and oxygen atoms in total. The number of ketones is 1. The standard InChI is InChI=1S/C22H24O8S/c1-27-19-9-15(24)10-20(28-2)17(19)6-5-14(23)13-31(26)8-7-18-21(29-3)11-16(25)12-22(18)30-4/h5-12,24-25H,13H2,1-4H3/b6-5-,8-7?. The molecule has 1 atom stereocenters. The average molecular weight is 448 g/mol. The van der Waals surface area contributed by atoms with E-state index >= 15 is 0 Å². The van der Waals surface area contributed by atoms with E-state index in [1.807, 2.05) is 0 Å². The van der Waals surface area contributed by atoms with Crippen molar-refractivity contribution < 1.29 is 38.5 Å². The molecule has 0 aliphatic carbocycles. The van der Waals surface area contributed by atoms with Crippen molar-refractivity contribution in [1.29, 1.82) is 0 Å². The molecular weight excluding hydrogens is 424 g/mol. The third-order valence-electron chi connectivity index (χ3n) is 4.16. The Bertz CT molecular complexity index is 933. The van der Waals surface area contributed by atoms with Gasteiger partial charge in [0, 0.05) is 30.3 Å². The molecule has 2 N–H and O–H groups in total. The number of aromatic hydroxyl groups is 2. The second-order valence-electron chi connectivity index (χ2n) is 6.16. The predicted octanol–water partition coefficient (Wildman–Crippen LogP) is 3.13. The monoisotopic (exact) mass is 448 g/mol. The summed E-state index contributed by atoms with van der Waals surface area (Å²) in [5, 5.41) is 20.7. The van der Waals surface area contributed by atoms with Gasteiger partial charge in [-0.3, -0.25) is 4.79 Å². The van der Waals surface area contributed by atoms with E-state index in [0.717, 1.165) is 0 Å². The van der Waals surface area contributed by atoms with Crippen molar-refractivity contribution in [3.63, 3.8) is 0 Å². The summed E-state index contributed by atoms with van der Waals surface area (Å²) in [4.78, 5) is 12.3. The Hall–Kier alpha value is -3.30. The normalized spacial score (nSPS) is 12.2. The number of phenolic OH excluding ortho intramolecular Hbond substituents is 2. The zero-order chi connectivity index (χ0) is 23.0. The Balaban J connectivity index is 2.14. The maximum absolute atomic E-state index is 12.4. The zero-order valence-electron chi connectivity index (χ0n) is 17.6. The van der Waals surface area contributed by atoms with Crippen LogP contribution in [0.2, 0.25) is 0 Å². The fraction of sp³-hybridized carbons (Fsp3) is 0.227. The minimum atomic E-state index is -1.61. The van der Waals surface area contributed by atoms with Gasteiger partial charge in [-0.05, 0) is 23.3 Å². The van der Waals surface area contributed by atoms with Crippen LogP contribution < -0.4 is 18.9 Å². The van der Waals surface area contributed by atoms with E-state index < -0.39 is 11.2 Å². The molecule has 31 heavy (non-hydrogen) atoms. The molecule has 0 aliphatic heterocycles. The first-order chi connectivity index (χ1) is 14.8. The second kappa shape index (κ2) is 11.2. The summed E-state index contributed by atoms with van der Waals surface area (Å²) in [6.07, 6.45) is 4.26. The van der Waals surface area contributed by atoms with Gasteiger partial charge >= 0.3 is 0 Å². The van der Waals surface area contributed by atoms with Crippen molar-refractivity contribution in [1.82, 2.24) is 0 Å². The van der Waals surface area contributed by atoms with Gasteiger partial charge in [-0.2, -0.15) is 0 Å². The number of hydrogen-bond acceptors (Lipinski definition) is 8. The molecule has 2 rings (SSSR count). The minimum Gasteiger partial charge on any atom is -0.612 e. The van der Waals surface area contributed by atoms with Gasteiger partial charge in [-0.15, -0.1) is 0 Å². The molecular formula is C22H24O8S. The molecule has 0 saturated carbocycles. The molecule has 0 aliphatic rings. The maximum atomic E-state index is 12.4. The van der Waals surface area contributed by atoms with E-state index in [2.05, 4.69) is 0 Å². The van der Waals surface area contributed by atoms with Crippen LogP contribution in [0.5, 0.6) is 34.5 Å². The molecule has 0 fully saturated rings. The summed E-state index contributed by atoms with van der Waals surface area (Å²) in [6, 6.07) is 5.59. The summed E-state index contributed by atoms with van der Waals surface area (Å²) in [6.45, 7) is 0. The lowest BCUT2D eigenvalue weighted by atomic mass is 10.1. The van der Waals surface area contributed by atoms with Crippen LogP contribution in [0.4, 0.5) is 0 Å². The molecule has 2 aromatic carbocycles. The van der Waals surface area contributed by atoms with Crippen LogP contribution in [-0.2, 0) is 16.0 Å². The second-order valence-corrected chi connectivity index (χ2v) is 7.48. The average Bonchev–Trinajstić information content (AvgIpc) is 2.75. The van der Waals surface area contributed by atoms with Gasteiger partial charge in [0.15, 0.2) is 5.75 Å². The van der Waals surface area contributed by atoms with Crippen LogP contribution in [0.3, 0.4) is 0 Å². The van der Waals surface area contributed by atoms with Gasteiger partial charge in [-0.25, -0.2) is 0 Å². The highest BCUT2D eigenvalue weighted by Crippen LogP contribution is 2.35. The van der Waals surface area contributed by atoms with Crippen LogP contribution >= 0.6 is 0 Å². The van der Waals surface area contributed by atoms with Crippen LogP contribution in [0.25, 0.3) is 12.2 Å². The van der Waals surface area contributed by atoms with Gasteiger partial charge < -0.3 is 33.7 Å². The van der Waals surface area contributed by atoms with Gasteiger partial charge in [0.2, 0.25) is 5.78 Å². The summed E-state index contributed by atoms with van der Waals surface area (Å²) < 4.78 is 33.2.